The molecule has 0 radical (unpaired) electrons. The Hall–Kier alpha value is -2.00. The van der Waals surface area contributed by atoms with E-state index in [2.05, 4.69) is 15.6 Å². The first-order valence-corrected chi connectivity index (χ1v) is 9.53. The van der Waals surface area contributed by atoms with Crippen LogP contribution in [0.5, 0.6) is 0 Å². The van der Waals surface area contributed by atoms with Crippen molar-refractivity contribution in [1.82, 2.24) is 25.4 Å². The summed E-state index contributed by atoms with van der Waals surface area (Å²) in [6.45, 7) is 4.07. The van der Waals surface area contributed by atoms with Crippen LogP contribution in [0.2, 0.25) is 0 Å². The number of aromatic nitrogens is 2. The minimum Gasteiger partial charge on any atom is -0.369 e. The molecule has 3 aliphatic heterocycles. The molecule has 3 aliphatic rings. The Morgan fingerprint density at radius 2 is 2.19 bits per heavy atom. The van der Waals surface area contributed by atoms with Gasteiger partial charge in [-0.05, 0) is 33.9 Å². The fourth-order valence-corrected chi connectivity index (χ4v) is 4.89. The van der Waals surface area contributed by atoms with Crippen molar-refractivity contribution in [3.63, 3.8) is 0 Å². The molecule has 0 aromatic carbocycles. The Kier molecular flexibility index (Phi) is 4.67. The molecule has 1 aromatic heterocycles. The fourth-order valence-electron chi connectivity index (χ4n) is 4.89. The van der Waals surface area contributed by atoms with E-state index in [0.717, 1.165) is 12.8 Å². The highest BCUT2D eigenvalue weighted by atomic mass is 16.6. The van der Waals surface area contributed by atoms with E-state index in [-0.39, 0.29) is 41.8 Å². The van der Waals surface area contributed by atoms with Crippen LogP contribution >= 0.6 is 0 Å². The van der Waals surface area contributed by atoms with Crippen LogP contribution in [0.25, 0.3) is 0 Å². The van der Waals surface area contributed by atoms with Crippen LogP contribution in [0.15, 0.2) is 4.63 Å². The molecule has 2 amide bonds. The van der Waals surface area contributed by atoms with E-state index >= 15 is 0 Å². The van der Waals surface area contributed by atoms with Crippen molar-refractivity contribution in [3.05, 3.63) is 11.4 Å². The van der Waals surface area contributed by atoms with E-state index in [1.165, 1.54) is 0 Å². The summed E-state index contributed by atoms with van der Waals surface area (Å²) in [5.74, 6) is 0.589. The van der Waals surface area contributed by atoms with Crippen LogP contribution in [-0.2, 0) is 20.7 Å². The van der Waals surface area contributed by atoms with E-state index in [9.17, 15) is 9.59 Å². The number of nitrogens with one attached hydrogen (secondary N) is 1. The smallest absolute Gasteiger partial charge is 0.234 e. The summed E-state index contributed by atoms with van der Waals surface area (Å²) in [5, 5.41) is 10.6. The van der Waals surface area contributed by atoms with E-state index in [4.69, 9.17) is 9.37 Å². The molecule has 0 saturated carbocycles. The van der Waals surface area contributed by atoms with Gasteiger partial charge in [0.05, 0.1) is 31.2 Å². The molecule has 3 fully saturated rings. The summed E-state index contributed by atoms with van der Waals surface area (Å²) < 4.78 is 11.0. The highest BCUT2D eigenvalue weighted by molar-refractivity contribution is 5.79. The first-order valence-electron chi connectivity index (χ1n) is 9.53. The van der Waals surface area contributed by atoms with Crippen LogP contribution in [0.4, 0.5) is 0 Å². The van der Waals surface area contributed by atoms with Crippen molar-refractivity contribution in [2.24, 2.45) is 11.8 Å². The first-order chi connectivity index (χ1) is 12.9. The van der Waals surface area contributed by atoms with Crippen molar-refractivity contribution < 1.29 is 19.0 Å². The van der Waals surface area contributed by atoms with Gasteiger partial charge in [0.2, 0.25) is 11.8 Å². The van der Waals surface area contributed by atoms with E-state index < -0.39 is 0 Å². The summed E-state index contributed by atoms with van der Waals surface area (Å²) in [6.07, 6.45) is 2.37. The Morgan fingerprint density at radius 3 is 2.89 bits per heavy atom. The molecule has 9 heteroatoms. The highest BCUT2D eigenvalue weighted by Crippen LogP contribution is 2.54. The van der Waals surface area contributed by atoms with Gasteiger partial charge < -0.3 is 19.9 Å². The number of nitrogens with zero attached hydrogens (tertiary/aromatic N) is 4. The number of hydrogen-bond acceptors (Lipinski definition) is 7. The van der Waals surface area contributed by atoms with Crippen molar-refractivity contribution in [3.8, 4) is 0 Å². The molecule has 1 aromatic rings. The molecule has 0 aliphatic carbocycles. The number of likely N-dealkylation sites (tertiary alicyclic amines) is 1. The number of aryl methyl sites for hydroxylation is 1. The average molecular weight is 377 g/mol. The largest absolute Gasteiger partial charge is 0.369 e. The van der Waals surface area contributed by atoms with Gasteiger partial charge in [0.15, 0.2) is 0 Å². The van der Waals surface area contributed by atoms with Crippen molar-refractivity contribution in [2.45, 2.75) is 37.9 Å². The number of rotatable bonds is 6. The minimum atomic E-state index is -0.242. The molecule has 148 valence electrons. The van der Waals surface area contributed by atoms with Gasteiger partial charge in [-0.2, -0.15) is 0 Å². The lowest BCUT2D eigenvalue weighted by molar-refractivity contribution is -0.131. The normalized spacial score (nSPS) is 31.6. The number of ether oxygens (including phenoxy) is 1. The van der Waals surface area contributed by atoms with E-state index in [0.29, 0.717) is 37.6 Å². The second kappa shape index (κ2) is 6.87. The van der Waals surface area contributed by atoms with Gasteiger partial charge in [0, 0.05) is 24.9 Å². The second-order valence-corrected chi connectivity index (χ2v) is 8.32. The lowest BCUT2D eigenvalue weighted by atomic mass is 9.73. The third-order valence-electron chi connectivity index (χ3n) is 6.20. The molecule has 4 rings (SSSR count). The first kappa shape index (κ1) is 18.4. The average Bonchev–Trinajstić information content (AvgIpc) is 3.33. The predicted octanol–water partition coefficient (Wildman–Crippen LogP) is -0.396. The standard InChI is InChI=1S/C18H27N5O4/c1-11-14(21-27-20-11)6-17(25)23-8-13-12(7-19-16(24)9-22(2)3)15-4-5-18(13,10-23)26-15/h12-13,15H,4-10H2,1-3H3,(H,19,24)/t12-,13+,15+,18+/m0/s1. The molecule has 1 N–H and O–H groups in total. The summed E-state index contributed by atoms with van der Waals surface area (Å²) in [4.78, 5) is 28.5. The summed E-state index contributed by atoms with van der Waals surface area (Å²) in [6, 6.07) is 0. The monoisotopic (exact) mass is 377 g/mol. The minimum absolute atomic E-state index is 0.0248. The molecule has 9 nitrogen and oxygen atoms in total. The van der Waals surface area contributed by atoms with Crippen LogP contribution in [0.1, 0.15) is 24.2 Å². The van der Waals surface area contributed by atoms with Crippen molar-refractivity contribution >= 4 is 11.8 Å². The maximum atomic E-state index is 12.7. The quantitative estimate of drug-likeness (QED) is 0.720. The molecule has 1 spiro atoms. The number of carbonyl (C=O) groups is 2. The van der Waals surface area contributed by atoms with Gasteiger partial charge in [-0.15, -0.1) is 0 Å². The van der Waals surface area contributed by atoms with Crippen LogP contribution < -0.4 is 5.32 Å². The topological polar surface area (TPSA) is 101 Å². The van der Waals surface area contributed by atoms with Gasteiger partial charge in [0.25, 0.3) is 0 Å². The Balaban J connectivity index is 1.39. The maximum absolute atomic E-state index is 12.7. The van der Waals surface area contributed by atoms with Crippen LogP contribution in [0.3, 0.4) is 0 Å². The SMILES string of the molecule is Cc1nonc1CC(=O)N1C[C@@H]2[C@H](CNC(=O)CN(C)C)[C@H]3CC[C@]2(C1)O3. The van der Waals surface area contributed by atoms with E-state index in [1.807, 2.05) is 23.9 Å². The zero-order valence-corrected chi connectivity index (χ0v) is 16.1. The molecule has 4 heterocycles. The van der Waals surface area contributed by atoms with Gasteiger partial charge in [0.1, 0.15) is 11.4 Å². The number of likely N-dealkylation sites (N-methyl/N-ethyl adjacent to an activating group) is 1. The number of amides is 2. The fraction of sp³-hybridized carbons (Fsp3) is 0.778. The molecule has 0 unspecified atom stereocenters. The van der Waals surface area contributed by atoms with Crippen molar-refractivity contribution in [1.29, 1.82) is 0 Å². The Bertz CT molecular complexity index is 735. The number of fused-ring (bicyclic) bond motifs is 1. The lowest BCUT2D eigenvalue weighted by Crippen LogP contribution is -2.43. The maximum Gasteiger partial charge on any atom is 0.234 e. The third-order valence-corrected chi connectivity index (χ3v) is 6.20. The lowest BCUT2D eigenvalue weighted by Gasteiger charge is -2.29. The molecule has 27 heavy (non-hydrogen) atoms. The summed E-state index contributed by atoms with van der Waals surface area (Å²) in [7, 11) is 3.75. The molecular formula is C18H27N5O4. The van der Waals surface area contributed by atoms with Crippen LogP contribution in [0, 0.1) is 18.8 Å². The summed E-state index contributed by atoms with van der Waals surface area (Å²) >= 11 is 0. The predicted molar refractivity (Wildman–Crippen MR) is 94.7 cm³/mol. The Labute approximate surface area is 158 Å². The third kappa shape index (κ3) is 3.34. The van der Waals surface area contributed by atoms with Crippen LogP contribution in [-0.4, -0.2) is 83.9 Å². The second-order valence-electron chi connectivity index (χ2n) is 8.32. The molecular weight excluding hydrogens is 350 g/mol. The highest BCUT2D eigenvalue weighted by Gasteiger charge is 2.63. The zero-order valence-electron chi connectivity index (χ0n) is 16.1. The summed E-state index contributed by atoms with van der Waals surface area (Å²) in [5.41, 5.74) is 1.00. The van der Waals surface area contributed by atoms with Gasteiger partial charge in [-0.25, -0.2) is 4.63 Å². The number of carbonyl (C=O) groups excluding carboxylic acids is 2. The van der Waals surface area contributed by atoms with Gasteiger partial charge in [-0.3, -0.25) is 9.59 Å². The Morgan fingerprint density at radius 1 is 1.37 bits per heavy atom. The van der Waals surface area contributed by atoms with Gasteiger partial charge in [-0.1, -0.05) is 10.3 Å². The molecule has 4 atom stereocenters. The van der Waals surface area contributed by atoms with E-state index in [1.54, 1.807) is 6.92 Å². The number of hydrogen-bond donors (Lipinski definition) is 1. The van der Waals surface area contributed by atoms with Gasteiger partial charge >= 0.3 is 0 Å². The zero-order chi connectivity index (χ0) is 19.2. The van der Waals surface area contributed by atoms with Crippen molar-refractivity contribution in [2.75, 3.05) is 40.3 Å². The molecule has 3 saturated heterocycles. The molecule has 2 bridgehead atoms.